The van der Waals surface area contributed by atoms with E-state index in [-0.39, 0.29) is 0 Å². The van der Waals surface area contributed by atoms with Crippen LogP contribution in [-0.2, 0) is 4.79 Å². The number of amides is 1. The Labute approximate surface area is 84.2 Å². The lowest BCUT2D eigenvalue weighted by Gasteiger charge is -2.25. The second-order valence-electron chi connectivity index (χ2n) is 4.29. The van der Waals surface area contributed by atoms with Gasteiger partial charge in [-0.15, -0.1) is 11.6 Å². The molecule has 2 unspecified atom stereocenters. The smallest absolute Gasteiger partial charge is 0.225 e. The summed E-state index contributed by atoms with van der Waals surface area (Å²) in [5, 5.41) is 0. The Bertz CT molecular complexity index is 215. The summed E-state index contributed by atoms with van der Waals surface area (Å²) in [5.74, 6) is 1.88. The van der Waals surface area contributed by atoms with Crippen LogP contribution < -0.4 is 0 Å². The minimum absolute atomic E-state index is 0.301. The van der Waals surface area contributed by atoms with Crippen LogP contribution in [0.1, 0.15) is 26.2 Å². The molecule has 2 atom stereocenters. The third kappa shape index (κ3) is 1.69. The van der Waals surface area contributed by atoms with Crippen LogP contribution in [0.15, 0.2) is 0 Å². The van der Waals surface area contributed by atoms with Gasteiger partial charge in [-0.25, -0.2) is 0 Å². The van der Waals surface area contributed by atoms with E-state index in [4.69, 9.17) is 11.6 Å². The third-order valence-electron chi connectivity index (χ3n) is 3.25. The molecule has 0 radical (unpaired) electrons. The lowest BCUT2D eigenvalue weighted by molar-refractivity contribution is -0.133. The maximum Gasteiger partial charge on any atom is 0.225 e. The zero-order valence-electron chi connectivity index (χ0n) is 8.00. The first kappa shape index (κ1) is 9.32. The Morgan fingerprint density at radius 3 is 2.69 bits per heavy atom. The summed E-state index contributed by atoms with van der Waals surface area (Å²) < 4.78 is 0. The molecular formula is C10H16ClNO. The van der Waals surface area contributed by atoms with E-state index in [0.29, 0.717) is 29.7 Å². The molecule has 2 fully saturated rings. The molecule has 0 N–H and O–H groups in total. The highest BCUT2D eigenvalue weighted by Gasteiger charge is 2.40. The number of likely N-dealkylation sites (tertiary alicyclic amines) is 1. The molecule has 74 valence electrons. The average Bonchev–Trinajstić information content (AvgIpc) is 2.89. The van der Waals surface area contributed by atoms with Crippen molar-refractivity contribution >= 4 is 17.5 Å². The van der Waals surface area contributed by atoms with Crippen LogP contribution in [0.25, 0.3) is 0 Å². The van der Waals surface area contributed by atoms with Crippen LogP contribution in [0.2, 0.25) is 0 Å². The quantitative estimate of drug-likeness (QED) is 0.625. The highest BCUT2D eigenvalue weighted by atomic mass is 35.5. The summed E-state index contributed by atoms with van der Waals surface area (Å²) in [4.78, 5) is 13.8. The largest absolute Gasteiger partial charge is 0.338 e. The van der Waals surface area contributed by atoms with Crippen molar-refractivity contribution in [2.45, 2.75) is 32.2 Å². The lowest BCUT2D eigenvalue weighted by atomic mass is 10.0. The van der Waals surface area contributed by atoms with Gasteiger partial charge in [0.25, 0.3) is 0 Å². The molecule has 1 aliphatic heterocycles. The van der Waals surface area contributed by atoms with E-state index in [9.17, 15) is 4.79 Å². The van der Waals surface area contributed by atoms with Crippen LogP contribution in [-0.4, -0.2) is 29.3 Å². The summed E-state index contributed by atoms with van der Waals surface area (Å²) in [6, 6.07) is 0.301. The average molecular weight is 202 g/mol. The second kappa shape index (κ2) is 3.49. The van der Waals surface area contributed by atoms with Gasteiger partial charge in [-0.1, -0.05) is 6.92 Å². The molecule has 0 bridgehead atoms. The SMILES string of the molecule is CC1CCN(C(=O)C2CC2)C1CCl. The molecule has 0 aromatic heterocycles. The number of rotatable bonds is 2. The number of alkyl halides is 1. The van der Waals surface area contributed by atoms with E-state index < -0.39 is 0 Å². The standard InChI is InChI=1S/C10H16ClNO/c1-7-4-5-12(9(7)6-11)10(13)8-2-3-8/h7-9H,2-6H2,1H3. The summed E-state index contributed by atoms with van der Waals surface area (Å²) in [6.07, 6.45) is 3.31. The second-order valence-corrected chi connectivity index (χ2v) is 4.60. The van der Waals surface area contributed by atoms with Crippen molar-refractivity contribution in [1.82, 2.24) is 4.90 Å². The van der Waals surface area contributed by atoms with Gasteiger partial charge in [0.05, 0.1) is 0 Å². The van der Waals surface area contributed by atoms with Crippen LogP contribution in [0.4, 0.5) is 0 Å². The number of halogens is 1. The van der Waals surface area contributed by atoms with Gasteiger partial charge in [-0.2, -0.15) is 0 Å². The van der Waals surface area contributed by atoms with Crippen molar-refractivity contribution < 1.29 is 4.79 Å². The molecule has 1 saturated heterocycles. The first-order valence-corrected chi connectivity index (χ1v) is 5.64. The predicted molar refractivity (Wildman–Crippen MR) is 52.7 cm³/mol. The Balaban J connectivity index is 2.01. The monoisotopic (exact) mass is 201 g/mol. The van der Waals surface area contributed by atoms with Gasteiger partial charge in [-0.3, -0.25) is 4.79 Å². The molecule has 0 spiro atoms. The number of carbonyl (C=O) groups excluding carboxylic acids is 1. The van der Waals surface area contributed by atoms with Crippen molar-refractivity contribution in [2.24, 2.45) is 11.8 Å². The Kier molecular flexibility index (Phi) is 2.50. The highest BCUT2D eigenvalue weighted by molar-refractivity contribution is 6.18. The Hall–Kier alpha value is -0.240. The first-order chi connectivity index (χ1) is 6.24. The topological polar surface area (TPSA) is 20.3 Å². The van der Waals surface area contributed by atoms with Crippen molar-refractivity contribution in [2.75, 3.05) is 12.4 Å². The molecule has 3 heteroatoms. The molecule has 2 aliphatic rings. The van der Waals surface area contributed by atoms with Gasteiger partial charge in [0.15, 0.2) is 0 Å². The molecule has 0 aromatic carbocycles. The Morgan fingerprint density at radius 2 is 2.15 bits per heavy atom. The molecule has 1 heterocycles. The Morgan fingerprint density at radius 1 is 1.46 bits per heavy atom. The number of hydrogen-bond acceptors (Lipinski definition) is 1. The molecule has 2 nitrogen and oxygen atoms in total. The third-order valence-corrected chi connectivity index (χ3v) is 3.57. The van der Waals surface area contributed by atoms with Crippen molar-refractivity contribution in [3.05, 3.63) is 0 Å². The number of nitrogens with zero attached hydrogens (tertiary/aromatic N) is 1. The summed E-state index contributed by atoms with van der Waals surface area (Å²) in [6.45, 7) is 3.11. The fourth-order valence-corrected chi connectivity index (χ4v) is 2.55. The summed E-state index contributed by atoms with van der Waals surface area (Å²) >= 11 is 5.87. The lowest BCUT2D eigenvalue weighted by Crippen LogP contribution is -2.39. The maximum absolute atomic E-state index is 11.8. The predicted octanol–water partition coefficient (Wildman–Crippen LogP) is 1.87. The van der Waals surface area contributed by atoms with Gasteiger partial charge in [0.1, 0.15) is 0 Å². The van der Waals surface area contributed by atoms with Gasteiger partial charge in [0.2, 0.25) is 5.91 Å². The van der Waals surface area contributed by atoms with E-state index in [2.05, 4.69) is 6.92 Å². The first-order valence-electron chi connectivity index (χ1n) is 5.10. The maximum atomic E-state index is 11.8. The van der Waals surface area contributed by atoms with E-state index in [1.165, 1.54) is 0 Å². The molecule has 13 heavy (non-hydrogen) atoms. The molecule has 1 aliphatic carbocycles. The molecule has 0 aromatic rings. The molecule has 1 saturated carbocycles. The van der Waals surface area contributed by atoms with Crippen LogP contribution in [0.3, 0.4) is 0 Å². The fourth-order valence-electron chi connectivity index (χ4n) is 2.08. The minimum atomic E-state index is 0.301. The van der Waals surface area contributed by atoms with Crippen molar-refractivity contribution in [1.29, 1.82) is 0 Å². The zero-order valence-corrected chi connectivity index (χ0v) is 8.76. The minimum Gasteiger partial charge on any atom is -0.338 e. The van der Waals surface area contributed by atoms with Crippen molar-refractivity contribution in [3.63, 3.8) is 0 Å². The van der Waals surface area contributed by atoms with E-state index in [1.54, 1.807) is 0 Å². The molecular weight excluding hydrogens is 186 g/mol. The summed E-state index contributed by atoms with van der Waals surface area (Å²) in [5.41, 5.74) is 0. The highest BCUT2D eigenvalue weighted by Crippen LogP contribution is 2.35. The van der Waals surface area contributed by atoms with Gasteiger partial charge in [0, 0.05) is 24.4 Å². The van der Waals surface area contributed by atoms with E-state index in [1.807, 2.05) is 4.90 Å². The molecule has 1 amide bonds. The summed E-state index contributed by atoms with van der Waals surface area (Å²) in [7, 11) is 0. The fraction of sp³-hybridized carbons (Fsp3) is 0.900. The van der Waals surface area contributed by atoms with E-state index in [0.717, 1.165) is 25.8 Å². The number of carbonyl (C=O) groups is 1. The van der Waals surface area contributed by atoms with Gasteiger partial charge >= 0.3 is 0 Å². The zero-order chi connectivity index (χ0) is 9.42. The van der Waals surface area contributed by atoms with E-state index >= 15 is 0 Å². The van der Waals surface area contributed by atoms with Crippen LogP contribution >= 0.6 is 11.6 Å². The van der Waals surface area contributed by atoms with Gasteiger partial charge < -0.3 is 4.90 Å². The van der Waals surface area contributed by atoms with Gasteiger partial charge in [-0.05, 0) is 25.2 Å². The van der Waals surface area contributed by atoms with Crippen LogP contribution in [0, 0.1) is 11.8 Å². The normalized spacial score (nSPS) is 33.8. The van der Waals surface area contributed by atoms with Crippen molar-refractivity contribution in [3.8, 4) is 0 Å². The molecule has 2 rings (SSSR count). The van der Waals surface area contributed by atoms with Crippen LogP contribution in [0.5, 0.6) is 0 Å². The number of hydrogen-bond donors (Lipinski definition) is 0.